The van der Waals surface area contributed by atoms with E-state index in [1.807, 2.05) is 0 Å². The lowest BCUT2D eigenvalue weighted by atomic mass is 10.1. The fourth-order valence-corrected chi connectivity index (χ4v) is 2.60. The van der Waals surface area contributed by atoms with Gasteiger partial charge in [-0.15, -0.1) is 0 Å². The number of thiocarbonyl (C=S) groups is 1. The molecular formula is C15H9BrClF3N2OS. The highest BCUT2D eigenvalue weighted by atomic mass is 79.9. The molecule has 0 radical (unpaired) electrons. The molecule has 0 saturated heterocycles. The number of amides is 1. The zero-order valence-corrected chi connectivity index (χ0v) is 14.9. The largest absolute Gasteiger partial charge is 0.418 e. The Kier molecular flexibility index (Phi) is 5.84. The summed E-state index contributed by atoms with van der Waals surface area (Å²) in [6.07, 6.45) is -4.54. The minimum atomic E-state index is -4.54. The lowest BCUT2D eigenvalue weighted by molar-refractivity contribution is -0.136. The highest BCUT2D eigenvalue weighted by Gasteiger charge is 2.33. The molecule has 0 unspecified atom stereocenters. The zero-order chi connectivity index (χ0) is 17.9. The molecule has 2 aromatic carbocycles. The summed E-state index contributed by atoms with van der Waals surface area (Å²) in [6.45, 7) is 0. The molecular weight excluding hydrogens is 429 g/mol. The molecule has 0 aromatic heterocycles. The maximum Gasteiger partial charge on any atom is 0.418 e. The van der Waals surface area contributed by atoms with Gasteiger partial charge in [-0.1, -0.05) is 39.7 Å². The van der Waals surface area contributed by atoms with E-state index in [1.54, 1.807) is 6.07 Å². The Morgan fingerprint density at radius 3 is 2.50 bits per heavy atom. The first-order chi connectivity index (χ1) is 11.2. The van der Waals surface area contributed by atoms with Gasteiger partial charge in [0.25, 0.3) is 5.91 Å². The molecule has 0 bridgehead atoms. The van der Waals surface area contributed by atoms with Crippen LogP contribution >= 0.6 is 39.7 Å². The van der Waals surface area contributed by atoms with Crippen LogP contribution in [-0.2, 0) is 6.18 Å². The topological polar surface area (TPSA) is 41.1 Å². The van der Waals surface area contributed by atoms with Gasteiger partial charge in [0.05, 0.1) is 21.8 Å². The maximum absolute atomic E-state index is 12.9. The van der Waals surface area contributed by atoms with E-state index < -0.39 is 17.6 Å². The van der Waals surface area contributed by atoms with Crippen molar-refractivity contribution in [1.29, 1.82) is 0 Å². The Balaban J connectivity index is 2.15. The second-order valence-electron chi connectivity index (χ2n) is 4.58. The van der Waals surface area contributed by atoms with Crippen molar-refractivity contribution in [3.05, 3.63) is 63.1 Å². The Morgan fingerprint density at radius 1 is 1.17 bits per heavy atom. The van der Waals surface area contributed by atoms with Crippen LogP contribution in [0.5, 0.6) is 0 Å². The maximum atomic E-state index is 12.9. The van der Waals surface area contributed by atoms with Gasteiger partial charge in [0, 0.05) is 4.47 Å². The molecule has 0 saturated carbocycles. The minimum Gasteiger partial charge on any atom is -0.332 e. The van der Waals surface area contributed by atoms with Crippen LogP contribution in [0, 0.1) is 0 Å². The number of para-hydroxylation sites is 1. The third kappa shape index (κ3) is 4.68. The molecule has 0 fully saturated rings. The van der Waals surface area contributed by atoms with E-state index in [2.05, 4.69) is 26.6 Å². The van der Waals surface area contributed by atoms with Gasteiger partial charge < -0.3 is 5.32 Å². The first-order valence-electron chi connectivity index (χ1n) is 6.42. The lowest BCUT2D eigenvalue weighted by Gasteiger charge is -2.15. The average Bonchev–Trinajstić information content (AvgIpc) is 2.49. The molecule has 24 heavy (non-hydrogen) atoms. The molecule has 126 valence electrons. The molecule has 1 amide bonds. The summed E-state index contributed by atoms with van der Waals surface area (Å²) in [6, 6.07) is 9.45. The van der Waals surface area contributed by atoms with Crippen molar-refractivity contribution in [2.75, 3.05) is 5.32 Å². The number of rotatable bonds is 2. The first kappa shape index (κ1) is 18.7. The van der Waals surface area contributed by atoms with E-state index in [1.165, 1.54) is 30.3 Å². The van der Waals surface area contributed by atoms with Crippen molar-refractivity contribution in [3.8, 4) is 0 Å². The van der Waals surface area contributed by atoms with Crippen molar-refractivity contribution in [2.45, 2.75) is 6.18 Å². The van der Waals surface area contributed by atoms with E-state index in [4.69, 9.17) is 23.8 Å². The van der Waals surface area contributed by atoms with Gasteiger partial charge in [0.1, 0.15) is 0 Å². The van der Waals surface area contributed by atoms with E-state index in [-0.39, 0.29) is 21.4 Å². The summed E-state index contributed by atoms with van der Waals surface area (Å²) < 4.78 is 39.4. The number of carbonyl (C=O) groups is 1. The fraction of sp³-hybridized carbons (Fsp3) is 0.0667. The Hall–Kier alpha value is -1.64. The molecule has 0 spiro atoms. The predicted octanol–water partition coefficient (Wildman–Crippen LogP) is 5.25. The third-order valence-electron chi connectivity index (χ3n) is 2.88. The van der Waals surface area contributed by atoms with Crippen molar-refractivity contribution in [3.63, 3.8) is 0 Å². The van der Waals surface area contributed by atoms with Gasteiger partial charge >= 0.3 is 6.18 Å². The van der Waals surface area contributed by atoms with E-state index >= 15 is 0 Å². The van der Waals surface area contributed by atoms with Gasteiger partial charge in [-0.05, 0) is 42.5 Å². The molecule has 0 aliphatic rings. The van der Waals surface area contributed by atoms with Gasteiger partial charge in [0.15, 0.2) is 5.11 Å². The van der Waals surface area contributed by atoms with Crippen LogP contribution in [0.4, 0.5) is 18.9 Å². The third-order valence-corrected chi connectivity index (χ3v) is 3.91. The van der Waals surface area contributed by atoms with Crippen LogP contribution in [0.25, 0.3) is 0 Å². The number of hydrogen-bond acceptors (Lipinski definition) is 2. The number of alkyl halides is 3. The zero-order valence-electron chi connectivity index (χ0n) is 11.7. The predicted molar refractivity (Wildman–Crippen MR) is 94.3 cm³/mol. The number of anilines is 1. The highest BCUT2D eigenvalue weighted by molar-refractivity contribution is 9.10. The van der Waals surface area contributed by atoms with Crippen LogP contribution in [0.1, 0.15) is 15.9 Å². The van der Waals surface area contributed by atoms with Gasteiger partial charge in [-0.25, -0.2) is 0 Å². The molecule has 0 aliphatic carbocycles. The van der Waals surface area contributed by atoms with Gasteiger partial charge in [-0.2, -0.15) is 13.2 Å². The molecule has 2 rings (SSSR count). The molecule has 0 atom stereocenters. The molecule has 2 aromatic rings. The molecule has 3 nitrogen and oxygen atoms in total. The van der Waals surface area contributed by atoms with Crippen molar-refractivity contribution in [1.82, 2.24) is 5.32 Å². The smallest absolute Gasteiger partial charge is 0.332 e. The Labute approximate surface area is 154 Å². The van der Waals surface area contributed by atoms with Crippen LogP contribution in [0.2, 0.25) is 5.02 Å². The number of benzene rings is 2. The fourth-order valence-electron chi connectivity index (χ4n) is 1.83. The summed E-state index contributed by atoms with van der Waals surface area (Å²) in [7, 11) is 0. The SMILES string of the molecule is O=C(NC(=S)Nc1ccccc1C(F)(F)F)c1cc(Br)ccc1Cl. The monoisotopic (exact) mass is 436 g/mol. The highest BCUT2D eigenvalue weighted by Crippen LogP contribution is 2.34. The molecule has 2 N–H and O–H groups in total. The Bertz CT molecular complexity index is 799. The van der Waals surface area contributed by atoms with Crippen LogP contribution in [0.3, 0.4) is 0 Å². The summed E-state index contributed by atoms with van der Waals surface area (Å²) in [4.78, 5) is 12.1. The van der Waals surface area contributed by atoms with E-state index in [0.717, 1.165) is 6.07 Å². The normalized spacial score (nSPS) is 11.0. The number of nitrogens with one attached hydrogen (secondary N) is 2. The summed E-state index contributed by atoms with van der Waals surface area (Å²) in [5.41, 5.74) is -1.00. The minimum absolute atomic E-state index is 0.138. The van der Waals surface area contributed by atoms with Crippen molar-refractivity contribution < 1.29 is 18.0 Å². The Morgan fingerprint density at radius 2 is 1.83 bits per heavy atom. The summed E-state index contributed by atoms with van der Waals surface area (Å²) >= 11 is 14.0. The van der Waals surface area contributed by atoms with Gasteiger partial charge in [0.2, 0.25) is 0 Å². The van der Waals surface area contributed by atoms with Crippen LogP contribution < -0.4 is 10.6 Å². The van der Waals surface area contributed by atoms with Crippen LogP contribution in [-0.4, -0.2) is 11.0 Å². The van der Waals surface area contributed by atoms with Gasteiger partial charge in [-0.3, -0.25) is 10.1 Å². The summed E-state index contributed by atoms with van der Waals surface area (Å²) in [5, 5.41) is 4.60. The number of carbonyl (C=O) groups excluding carboxylic acids is 1. The van der Waals surface area contributed by atoms with E-state index in [0.29, 0.717) is 4.47 Å². The van der Waals surface area contributed by atoms with Crippen molar-refractivity contribution in [2.24, 2.45) is 0 Å². The standard InChI is InChI=1S/C15H9BrClF3N2OS/c16-8-5-6-11(17)9(7-8)13(23)22-14(24)21-12-4-2-1-3-10(12)15(18,19)20/h1-7H,(H2,21,22,23,24). The summed E-state index contributed by atoms with van der Waals surface area (Å²) in [5.74, 6) is -0.636. The van der Waals surface area contributed by atoms with Crippen molar-refractivity contribution >= 4 is 56.5 Å². The second kappa shape index (κ2) is 7.50. The molecule has 0 heterocycles. The average molecular weight is 438 g/mol. The second-order valence-corrected chi connectivity index (χ2v) is 6.31. The molecule has 0 aliphatic heterocycles. The van der Waals surface area contributed by atoms with Crippen LogP contribution in [0.15, 0.2) is 46.9 Å². The van der Waals surface area contributed by atoms with E-state index in [9.17, 15) is 18.0 Å². The molecule has 9 heteroatoms. The number of halogens is 5. The first-order valence-corrected chi connectivity index (χ1v) is 8.00. The number of hydrogen-bond donors (Lipinski definition) is 2. The quantitative estimate of drug-likeness (QED) is 0.631. The lowest BCUT2D eigenvalue weighted by Crippen LogP contribution is -2.34.